The van der Waals surface area contributed by atoms with Crippen LogP contribution in [0, 0.1) is 5.92 Å². The van der Waals surface area contributed by atoms with Crippen LogP contribution in [-0.2, 0) is 13.0 Å². The Morgan fingerprint density at radius 1 is 1.26 bits per heavy atom. The second-order valence-corrected chi connectivity index (χ2v) is 4.67. The summed E-state index contributed by atoms with van der Waals surface area (Å²) in [7, 11) is 5.05. The highest BCUT2D eigenvalue weighted by molar-refractivity contribution is 6.16. The third-order valence-electron chi connectivity index (χ3n) is 2.56. The standard InChI is InChI=1S/C11H12N2.C5H9B/c1-2-4-11(5-3-1)6-8-13-9-7-12-10-13;1-5(2)3-4-6/h1-5,7,9-10H,6,8H2;3-5H,1-2H3. The number of rotatable bonds is 4. The van der Waals surface area contributed by atoms with Crippen LogP contribution in [-0.4, -0.2) is 17.4 Å². The summed E-state index contributed by atoms with van der Waals surface area (Å²) >= 11 is 0. The van der Waals surface area contributed by atoms with Gasteiger partial charge in [0, 0.05) is 18.9 Å². The summed E-state index contributed by atoms with van der Waals surface area (Å²) in [4.78, 5) is 4.00. The SMILES string of the molecule is [B]C=CC(C)C.c1ccc(CCn2ccnc2)cc1. The van der Waals surface area contributed by atoms with E-state index in [0.29, 0.717) is 5.92 Å². The highest BCUT2D eigenvalue weighted by atomic mass is 15.0. The highest BCUT2D eigenvalue weighted by Crippen LogP contribution is 2.01. The maximum atomic E-state index is 5.05. The highest BCUT2D eigenvalue weighted by Gasteiger charge is 1.92. The van der Waals surface area contributed by atoms with Gasteiger partial charge in [-0.1, -0.05) is 50.3 Å². The zero-order chi connectivity index (χ0) is 13.9. The van der Waals surface area contributed by atoms with Crippen LogP contribution in [0.5, 0.6) is 0 Å². The lowest BCUT2D eigenvalue weighted by molar-refractivity contribution is 0.696. The smallest absolute Gasteiger partial charge is 0.102 e. The topological polar surface area (TPSA) is 17.8 Å². The van der Waals surface area contributed by atoms with Gasteiger partial charge in [-0.3, -0.25) is 0 Å². The van der Waals surface area contributed by atoms with Crippen molar-refractivity contribution in [1.29, 1.82) is 0 Å². The molecule has 1 aromatic heterocycles. The van der Waals surface area contributed by atoms with Crippen LogP contribution in [0.3, 0.4) is 0 Å². The quantitative estimate of drug-likeness (QED) is 0.762. The molecule has 0 bridgehead atoms. The molecule has 0 unspecified atom stereocenters. The van der Waals surface area contributed by atoms with Crippen molar-refractivity contribution in [3.63, 3.8) is 0 Å². The van der Waals surface area contributed by atoms with E-state index in [-0.39, 0.29) is 0 Å². The number of aryl methyl sites for hydroxylation is 2. The molecule has 0 aliphatic rings. The Hall–Kier alpha value is -1.77. The number of hydrogen-bond donors (Lipinski definition) is 0. The lowest BCUT2D eigenvalue weighted by atomic mass is 10.1. The zero-order valence-corrected chi connectivity index (χ0v) is 11.7. The van der Waals surface area contributed by atoms with Crippen molar-refractivity contribution in [2.75, 3.05) is 0 Å². The average Bonchev–Trinajstić information content (AvgIpc) is 2.91. The summed E-state index contributed by atoms with van der Waals surface area (Å²) in [6.07, 6.45) is 8.66. The van der Waals surface area contributed by atoms with Gasteiger partial charge in [0.05, 0.1) is 6.33 Å². The average molecular weight is 252 g/mol. The van der Waals surface area contributed by atoms with Crippen LogP contribution in [0.1, 0.15) is 19.4 Å². The van der Waals surface area contributed by atoms with Crippen molar-refractivity contribution in [3.05, 3.63) is 66.7 Å². The van der Waals surface area contributed by atoms with Crippen molar-refractivity contribution in [3.8, 4) is 0 Å². The van der Waals surface area contributed by atoms with Crippen molar-refractivity contribution in [1.82, 2.24) is 9.55 Å². The van der Waals surface area contributed by atoms with Crippen LogP contribution in [0.25, 0.3) is 0 Å². The molecule has 0 fully saturated rings. The summed E-state index contributed by atoms with van der Waals surface area (Å²) in [6, 6.07) is 10.5. The fourth-order valence-corrected chi connectivity index (χ4v) is 1.54. The lowest BCUT2D eigenvalue weighted by Gasteiger charge is -2.01. The number of nitrogens with zero attached hydrogens (tertiary/aromatic N) is 2. The maximum Gasteiger partial charge on any atom is 0.102 e. The Labute approximate surface area is 117 Å². The van der Waals surface area contributed by atoms with Crippen molar-refractivity contribution in [2.24, 2.45) is 5.92 Å². The second-order valence-electron chi connectivity index (χ2n) is 4.67. The normalized spacial score (nSPS) is 10.5. The number of aromatic nitrogens is 2. The van der Waals surface area contributed by atoms with E-state index in [1.807, 2.05) is 30.9 Å². The molecule has 2 nitrogen and oxygen atoms in total. The van der Waals surface area contributed by atoms with E-state index < -0.39 is 0 Å². The summed E-state index contributed by atoms with van der Waals surface area (Å²) in [5, 5.41) is 0. The molecule has 1 heterocycles. The molecule has 0 aliphatic carbocycles. The predicted molar refractivity (Wildman–Crippen MR) is 82.1 cm³/mol. The molecule has 2 rings (SSSR count). The molecule has 0 spiro atoms. The minimum Gasteiger partial charge on any atom is -0.337 e. The summed E-state index contributed by atoms with van der Waals surface area (Å²) < 4.78 is 2.09. The molecule has 0 amide bonds. The van der Waals surface area contributed by atoms with E-state index in [9.17, 15) is 0 Å². The fraction of sp³-hybridized carbons (Fsp3) is 0.312. The fourth-order valence-electron chi connectivity index (χ4n) is 1.54. The minimum atomic E-state index is 0.593. The maximum absolute atomic E-state index is 5.05. The van der Waals surface area contributed by atoms with E-state index in [2.05, 4.69) is 47.7 Å². The Balaban J connectivity index is 0.000000258. The van der Waals surface area contributed by atoms with Gasteiger partial charge in [-0.25, -0.2) is 4.98 Å². The number of allylic oxidation sites excluding steroid dienone is 1. The van der Waals surface area contributed by atoms with E-state index in [0.717, 1.165) is 13.0 Å². The van der Waals surface area contributed by atoms with Gasteiger partial charge in [-0.15, -0.1) is 5.98 Å². The van der Waals surface area contributed by atoms with Crippen LogP contribution in [0.2, 0.25) is 0 Å². The molecule has 3 heteroatoms. The van der Waals surface area contributed by atoms with Crippen LogP contribution < -0.4 is 0 Å². The second kappa shape index (κ2) is 9.20. The Morgan fingerprint density at radius 2 is 2.00 bits per heavy atom. The first-order valence-electron chi connectivity index (χ1n) is 6.60. The molecule has 0 N–H and O–H groups in total. The van der Waals surface area contributed by atoms with Gasteiger partial charge in [0.1, 0.15) is 7.85 Å². The van der Waals surface area contributed by atoms with Crippen molar-refractivity contribution >= 4 is 7.85 Å². The van der Waals surface area contributed by atoms with E-state index in [4.69, 9.17) is 7.85 Å². The van der Waals surface area contributed by atoms with Gasteiger partial charge in [0.2, 0.25) is 0 Å². The number of benzene rings is 1. The molecule has 0 saturated heterocycles. The molecule has 0 saturated carbocycles. The molecule has 1 aromatic carbocycles. The molecular formula is C16H21BN2. The van der Waals surface area contributed by atoms with Gasteiger partial charge in [-0.2, -0.15) is 0 Å². The first-order chi connectivity index (χ1) is 9.22. The molecule has 2 radical (unpaired) electrons. The third-order valence-corrected chi connectivity index (χ3v) is 2.56. The van der Waals surface area contributed by atoms with Gasteiger partial charge in [-0.05, 0) is 17.9 Å². The largest absolute Gasteiger partial charge is 0.337 e. The van der Waals surface area contributed by atoms with Gasteiger partial charge >= 0.3 is 0 Å². The van der Waals surface area contributed by atoms with Crippen LogP contribution in [0.15, 0.2) is 61.1 Å². The van der Waals surface area contributed by atoms with E-state index in [1.54, 1.807) is 5.98 Å². The molecular weight excluding hydrogens is 231 g/mol. The first kappa shape index (κ1) is 15.3. The Kier molecular flexibility index (Phi) is 7.41. The van der Waals surface area contributed by atoms with Gasteiger partial charge in [0.15, 0.2) is 0 Å². The predicted octanol–water partition coefficient (Wildman–Crippen LogP) is 3.45. The molecule has 0 atom stereocenters. The zero-order valence-electron chi connectivity index (χ0n) is 11.7. The van der Waals surface area contributed by atoms with Gasteiger partial charge < -0.3 is 4.57 Å². The molecule has 0 aliphatic heterocycles. The summed E-state index contributed by atoms with van der Waals surface area (Å²) in [6.45, 7) is 5.18. The first-order valence-corrected chi connectivity index (χ1v) is 6.60. The summed E-state index contributed by atoms with van der Waals surface area (Å²) in [5.74, 6) is 2.17. The molecule has 98 valence electrons. The Morgan fingerprint density at radius 3 is 2.47 bits per heavy atom. The van der Waals surface area contributed by atoms with Crippen molar-refractivity contribution in [2.45, 2.75) is 26.8 Å². The van der Waals surface area contributed by atoms with E-state index >= 15 is 0 Å². The lowest BCUT2D eigenvalue weighted by Crippen LogP contribution is -1.97. The van der Waals surface area contributed by atoms with Crippen molar-refractivity contribution < 1.29 is 0 Å². The van der Waals surface area contributed by atoms with E-state index in [1.165, 1.54) is 5.56 Å². The molecule has 2 aromatic rings. The number of hydrogen-bond acceptors (Lipinski definition) is 1. The van der Waals surface area contributed by atoms with Crippen LogP contribution in [0.4, 0.5) is 0 Å². The Bertz CT molecular complexity index is 447. The minimum absolute atomic E-state index is 0.593. The third kappa shape index (κ3) is 7.30. The summed E-state index contributed by atoms with van der Waals surface area (Å²) in [5.41, 5.74) is 1.37. The molecule has 19 heavy (non-hydrogen) atoms. The van der Waals surface area contributed by atoms with Crippen LogP contribution >= 0.6 is 0 Å². The van der Waals surface area contributed by atoms with Gasteiger partial charge in [0.25, 0.3) is 0 Å². The number of imidazole rings is 1. The monoisotopic (exact) mass is 252 g/mol.